The molecule has 0 saturated carbocycles. The Morgan fingerprint density at radius 2 is 0.600 bits per heavy atom. The summed E-state index contributed by atoms with van der Waals surface area (Å²) in [4.78, 5) is 37.9. The van der Waals surface area contributed by atoms with Crippen molar-refractivity contribution in [2.45, 2.75) is 252 Å². The lowest BCUT2D eigenvalue weighted by Gasteiger charge is -2.18. The van der Waals surface area contributed by atoms with E-state index in [-0.39, 0.29) is 31.1 Å². The minimum Gasteiger partial charge on any atom is -0.462 e. The van der Waals surface area contributed by atoms with Crippen LogP contribution in [0, 0.1) is 0 Å². The number of carbonyl (C=O) groups excluding carboxylic acids is 3. The Bertz CT molecular complexity index is 1100. The van der Waals surface area contributed by atoms with Gasteiger partial charge in [0.15, 0.2) is 6.10 Å². The van der Waals surface area contributed by atoms with Gasteiger partial charge >= 0.3 is 17.9 Å². The molecule has 0 unspecified atom stereocenters. The lowest BCUT2D eigenvalue weighted by atomic mass is 10.1. The smallest absolute Gasteiger partial charge is 0.306 e. The van der Waals surface area contributed by atoms with Gasteiger partial charge in [0.25, 0.3) is 0 Å². The zero-order valence-corrected chi connectivity index (χ0v) is 39.5. The Morgan fingerprint density at radius 3 is 0.967 bits per heavy atom. The first-order chi connectivity index (χ1) is 29.5. The van der Waals surface area contributed by atoms with E-state index in [2.05, 4.69) is 81.5 Å². The fraction of sp³-hybridized carbons (Fsp3) is 0.759. The van der Waals surface area contributed by atoms with Crippen LogP contribution in [-0.4, -0.2) is 37.2 Å². The van der Waals surface area contributed by atoms with Crippen LogP contribution in [0.25, 0.3) is 0 Å². The first-order valence-corrected chi connectivity index (χ1v) is 25.3. The molecule has 0 aromatic heterocycles. The Kier molecular flexibility index (Phi) is 46.4. The molecule has 60 heavy (non-hydrogen) atoms. The summed E-state index contributed by atoms with van der Waals surface area (Å²) >= 11 is 0. The summed E-state index contributed by atoms with van der Waals surface area (Å²) in [7, 11) is 0. The molecule has 0 aliphatic heterocycles. The molecule has 0 rings (SSSR count). The van der Waals surface area contributed by atoms with Crippen molar-refractivity contribution in [2.24, 2.45) is 0 Å². The summed E-state index contributed by atoms with van der Waals surface area (Å²) in [6.07, 6.45) is 59.1. The maximum absolute atomic E-state index is 12.8. The lowest BCUT2D eigenvalue weighted by Crippen LogP contribution is -2.30. The number of esters is 3. The molecular weight excluding hydrogens is 745 g/mol. The van der Waals surface area contributed by atoms with Gasteiger partial charge in [-0.05, 0) is 89.9 Å². The minimum atomic E-state index is -0.787. The van der Waals surface area contributed by atoms with Crippen molar-refractivity contribution in [3.05, 3.63) is 60.8 Å². The van der Waals surface area contributed by atoms with E-state index in [1.807, 2.05) is 0 Å². The Hall–Kier alpha value is -2.89. The molecule has 0 heterocycles. The molecule has 0 spiro atoms. The van der Waals surface area contributed by atoms with Crippen LogP contribution in [0.15, 0.2) is 60.8 Å². The van der Waals surface area contributed by atoms with Crippen molar-refractivity contribution in [3.8, 4) is 0 Å². The van der Waals surface area contributed by atoms with E-state index in [0.29, 0.717) is 19.3 Å². The molecule has 0 aromatic carbocycles. The zero-order valence-electron chi connectivity index (χ0n) is 39.5. The number of rotatable bonds is 45. The van der Waals surface area contributed by atoms with Gasteiger partial charge in [0.2, 0.25) is 0 Å². The molecule has 0 aliphatic carbocycles. The molecule has 6 heteroatoms. The quantitative estimate of drug-likeness (QED) is 0.0263. The third-order valence-electron chi connectivity index (χ3n) is 10.7. The summed E-state index contributed by atoms with van der Waals surface area (Å²) in [5.74, 6) is -0.922. The van der Waals surface area contributed by atoms with Crippen LogP contribution < -0.4 is 0 Å². The summed E-state index contributed by atoms with van der Waals surface area (Å²) in [6, 6.07) is 0. The molecule has 0 aromatic rings. The summed E-state index contributed by atoms with van der Waals surface area (Å²) in [5, 5.41) is 0. The number of unbranched alkanes of at least 4 members (excludes halogenated alkanes) is 24. The molecular formula is C54H94O6. The van der Waals surface area contributed by atoms with Gasteiger partial charge in [-0.15, -0.1) is 0 Å². The molecule has 1 atom stereocenters. The number of carbonyl (C=O) groups is 3. The van der Waals surface area contributed by atoms with E-state index in [9.17, 15) is 14.4 Å². The molecule has 6 nitrogen and oxygen atoms in total. The van der Waals surface area contributed by atoms with Gasteiger partial charge in [-0.1, -0.05) is 197 Å². The van der Waals surface area contributed by atoms with E-state index in [1.165, 1.54) is 96.3 Å². The van der Waals surface area contributed by atoms with Gasteiger partial charge in [0.05, 0.1) is 0 Å². The lowest BCUT2D eigenvalue weighted by molar-refractivity contribution is -0.167. The highest BCUT2D eigenvalue weighted by atomic mass is 16.6. The SMILES string of the molecule is CCCCC/C=C\C/C=C\C/C=C\CCCCCCC(=O)OC[C@@H](COC(=O)CCCCCCCCCCCC)OC(=O)CCCCCCC/C=C\C/C=C\CCCCC. The monoisotopic (exact) mass is 839 g/mol. The van der Waals surface area contributed by atoms with Gasteiger partial charge in [0.1, 0.15) is 13.2 Å². The average Bonchev–Trinajstić information content (AvgIpc) is 3.24. The first kappa shape index (κ1) is 57.1. The van der Waals surface area contributed by atoms with E-state index in [4.69, 9.17) is 14.2 Å². The first-order valence-electron chi connectivity index (χ1n) is 25.3. The van der Waals surface area contributed by atoms with Crippen molar-refractivity contribution in [1.29, 1.82) is 0 Å². The largest absolute Gasteiger partial charge is 0.462 e. The highest BCUT2D eigenvalue weighted by Crippen LogP contribution is 2.14. The van der Waals surface area contributed by atoms with Crippen LogP contribution in [0.1, 0.15) is 245 Å². The Balaban J connectivity index is 4.42. The summed E-state index contributed by atoms with van der Waals surface area (Å²) in [6.45, 7) is 6.54. The van der Waals surface area contributed by atoms with Gasteiger partial charge in [-0.2, -0.15) is 0 Å². The van der Waals surface area contributed by atoms with Crippen LogP contribution in [0.5, 0.6) is 0 Å². The van der Waals surface area contributed by atoms with E-state index in [0.717, 1.165) is 109 Å². The second-order valence-corrected chi connectivity index (χ2v) is 16.7. The van der Waals surface area contributed by atoms with Crippen molar-refractivity contribution < 1.29 is 28.6 Å². The van der Waals surface area contributed by atoms with E-state index in [1.54, 1.807) is 0 Å². The van der Waals surface area contributed by atoms with Gasteiger partial charge in [-0.25, -0.2) is 0 Å². The van der Waals surface area contributed by atoms with Crippen molar-refractivity contribution in [3.63, 3.8) is 0 Å². The summed E-state index contributed by atoms with van der Waals surface area (Å²) < 4.78 is 16.7. The average molecular weight is 839 g/mol. The second kappa shape index (κ2) is 48.8. The third kappa shape index (κ3) is 46.2. The van der Waals surface area contributed by atoms with Gasteiger partial charge < -0.3 is 14.2 Å². The predicted molar refractivity (Wildman–Crippen MR) is 256 cm³/mol. The van der Waals surface area contributed by atoms with Crippen molar-refractivity contribution in [1.82, 2.24) is 0 Å². The Morgan fingerprint density at radius 1 is 0.333 bits per heavy atom. The molecule has 0 saturated heterocycles. The second-order valence-electron chi connectivity index (χ2n) is 16.7. The fourth-order valence-corrected chi connectivity index (χ4v) is 6.89. The normalized spacial score (nSPS) is 12.5. The highest BCUT2D eigenvalue weighted by Gasteiger charge is 2.19. The third-order valence-corrected chi connectivity index (χ3v) is 10.7. The Labute approximate surface area is 370 Å². The number of hydrogen-bond donors (Lipinski definition) is 0. The molecule has 0 radical (unpaired) electrons. The van der Waals surface area contributed by atoms with Crippen LogP contribution in [0.3, 0.4) is 0 Å². The number of allylic oxidation sites excluding steroid dienone is 10. The maximum Gasteiger partial charge on any atom is 0.306 e. The predicted octanol–water partition coefficient (Wildman–Crippen LogP) is 16.5. The molecule has 0 bridgehead atoms. The standard InChI is InChI=1S/C54H94O6/c1-4-7-10-13-16-19-22-24-26-27-29-30-32-35-38-41-44-47-53(56)59-50-51(49-58-52(55)46-43-40-37-34-21-18-15-12-9-6-3)60-54(57)48-45-42-39-36-33-31-28-25-23-20-17-14-11-8-5-2/h16-17,19-20,24-26,28-30,51H,4-15,18,21-23,27,31-50H2,1-3H3/b19-16-,20-17-,26-24-,28-25-,30-29-/t51-/m1/s1. The van der Waals surface area contributed by atoms with E-state index >= 15 is 0 Å². The van der Waals surface area contributed by atoms with Crippen molar-refractivity contribution >= 4 is 17.9 Å². The molecule has 0 amide bonds. The molecule has 0 N–H and O–H groups in total. The molecule has 346 valence electrons. The highest BCUT2D eigenvalue weighted by molar-refractivity contribution is 5.71. The van der Waals surface area contributed by atoms with Crippen LogP contribution in [0.4, 0.5) is 0 Å². The number of ether oxygens (including phenoxy) is 3. The molecule has 0 fully saturated rings. The zero-order chi connectivity index (χ0) is 43.7. The molecule has 0 aliphatic rings. The van der Waals surface area contributed by atoms with Crippen molar-refractivity contribution in [2.75, 3.05) is 13.2 Å². The minimum absolute atomic E-state index is 0.0860. The number of hydrogen-bond acceptors (Lipinski definition) is 6. The fourth-order valence-electron chi connectivity index (χ4n) is 6.89. The maximum atomic E-state index is 12.8. The van der Waals surface area contributed by atoms with Gasteiger partial charge in [-0.3, -0.25) is 14.4 Å². The van der Waals surface area contributed by atoms with E-state index < -0.39 is 6.10 Å². The van der Waals surface area contributed by atoms with Crippen LogP contribution in [-0.2, 0) is 28.6 Å². The van der Waals surface area contributed by atoms with Crippen LogP contribution in [0.2, 0.25) is 0 Å². The summed E-state index contributed by atoms with van der Waals surface area (Å²) in [5.41, 5.74) is 0. The van der Waals surface area contributed by atoms with Gasteiger partial charge in [0, 0.05) is 19.3 Å². The van der Waals surface area contributed by atoms with Crippen LogP contribution >= 0.6 is 0 Å². The topological polar surface area (TPSA) is 78.9 Å².